The number of aliphatic hydroxyl groups is 1. The van der Waals surface area contributed by atoms with E-state index in [1.54, 1.807) is 0 Å². The van der Waals surface area contributed by atoms with E-state index in [1.165, 1.54) is 5.56 Å². The summed E-state index contributed by atoms with van der Waals surface area (Å²) >= 11 is 3.39. The zero-order valence-electron chi connectivity index (χ0n) is 8.96. The van der Waals surface area contributed by atoms with E-state index >= 15 is 0 Å². The van der Waals surface area contributed by atoms with E-state index in [0.717, 1.165) is 17.6 Å². The Kier molecular flexibility index (Phi) is 9.97. The van der Waals surface area contributed by atoms with Crippen LogP contribution in [0.2, 0.25) is 0 Å². The maximum absolute atomic E-state index is 8.48. The highest BCUT2D eigenvalue weighted by Gasteiger charge is 1.92. The van der Waals surface area contributed by atoms with E-state index in [2.05, 4.69) is 33.4 Å². The van der Waals surface area contributed by atoms with Gasteiger partial charge < -0.3 is 27.6 Å². The second-order valence-corrected chi connectivity index (χ2v) is 4.05. The molecule has 0 bridgehead atoms. The Labute approximate surface area is 111 Å². The van der Waals surface area contributed by atoms with Crippen LogP contribution in [-0.2, 0) is 11.3 Å². The average molecular weight is 310 g/mol. The van der Waals surface area contributed by atoms with Gasteiger partial charge in [0.15, 0.2) is 0 Å². The fourth-order valence-electron chi connectivity index (χ4n) is 1.15. The molecule has 2 N–H and O–H groups in total. The molecule has 0 unspecified atom stereocenters. The molecule has 1 aromatic rings. The lowest BCUT2D eigenvalue weighted by atomic mass is 10.2. The lowest BCUT2D eigenvalue weighted by Gasteiger charge is -2.05. The smallest absolute Gasteiger partial charge is 0.0698 e. The number of halogens is 2. The second-order valence-electron chi connectivity index (χ2n) is 3.14. The monoisotopic (exact) mass is 308 g/mol. The molecule has 1 aromatic carbocycles. The molecular formula is C11H16BrClNO2-. The van der Waals surface area contributed by atoms with E-state index in [0.29, 0.717) is 13.2 Å². The van der Waals surface area contributed by atoms with Crippen LogP contribution in [0.15, 0.2) is 28.7 Å². The van der Waals surface area contributed by atoms with Gasteiger partial charge in [0.2, 0.25) is 0 Å². The van der Waals surface area contributed by atoms with E-state index in [9.17, 15) is 0 Å². The maximum atomic E-state index is 8.48. The summed E-state index contributed by atoms with van der Waals surface area (Å²) in [7, 11) is 0. The van der Waals surface area contributed by atoms with Crippen molar-refractivity contribution in [3.8, 4) is 0 Å². The first-order valence-electron chi connectivity index (χ1n) is 4.96. The number of hydrogen-bond donors (Lipinski definition) is 2. The predicted molar refractivity (Wildman–Crippen MR) is 63.8 cm³/mol. The Balaban J connectivity index is 0.00000225. The number of aliphatic hydroxyl groups excluding tert-OH is 1. The Hall–Kier alpha value is -0.130. The van der Waals surface area contributed by atoms with Gasteiger partial charge in [0.05, 0.1) is 19.8 Å². The van der Waals surface area contributed by atoms with Crippen LogP contribution in [-0.4, -0.2) is 31.5 Å². The van der Waals surface area contributed by atoms with Crippen molar-refractivity contribution in [2.24, 2.45) is 0 Å². The number of hydrogen-bond acceptors (Lipinski definition) is 3. The fourth-order valence-corrected chi connectivity index (χ4v) is 1.41. The van der Waals surface area contributed by atoms with E-state index in [1.807, 2.05) is 12.1 Å². The summed E-state index contributed by atoms with van der Waals surface area (Å²) < 4.78 is 6.21. The molecular weight excluding hydrogens is 293 g/mol. The number of rotatable bonds is 7. The normalized spacial score (nSPS) is 9.88. The first-order valence-corrected chi connectivity index (χ1v) is 5.76. The van der Waals surface area contributed by atoms with Crippen LogP contribution in [0.3, 0.4) is 0 Å². The average Bonchev–Trinajstić information content (AvgIpc) is 2.26. The van der Waals surface area contributed by atoms with Gasteiger partial charge in [0.1, 0.15) is 0 Å². The number of nitrogens with one attached hydrogen (secondary N) is 1. The van der Waals surface area contributed by atoms with Crippen LogP contribution in [0.5, 0.6) is 0 Å². The summed E-state index contributed by atoms with van der Waals surface area (Å²) in [6, 6.07) is 8.20. The Morgan fingerprint density at radius 2 is 1.88 bits per heavy atom. The predicted octanol–water partition coefficient (Wildman–Crippen LogP) is -1.45. The minimum atomic E-state index is 0. The Morgan fingerprint density at radius 3 is 2.50 bits per heavy atom. The minimum Gasteiger partial charge on any atom is -1.00 e. The van der Waals surface area contributed by atoms with Crippen molar-refractivity contribution in [1.29, 1.82) is 0 Å². The molecule has 3 nitrogen and oxygen atoms in total. The maximum Gasteiger partial charge on any atom is 0.0698 e. The number of benzene rings is 1. The zero-order valence-corrected chi connectivity index (χ0v) is 11.3. The molecule has 92 valence electrons. The highest BCUT2D eigenvalue weighted by molar-refractivity contribution is 9.10. The van der Waals surface area contributed by atoms with Crippen LogP contribution in [0.4, 0.5) is 0 Å². The standard InChI is InChI=1S/C11H16BrNO2.ClH/c12-11-3-1-10(2-4-11)9-13-5-7-15-8-6-14;/h1-4,13-14H,5-9H2;1H/p-1. The summed E-state index contributed by atoms with van der Waals surface area (Å²) in [5.41, 5.74) is 1.25. The lowest BCUT2D eigenvalue weighted by Crippen LogP contribution is -3.00. The van der Waals surface area contributed by atoms with Gasteiger partial charge in [0.25, 0.3) is 0 Å². The van der Waals surface area contributed by atoms with Gasteiger partial charge in [-0.3, -0.25) is 0 Å². The van der Waals surface area contributed by atoms with Crippen molar-refractivity contribution in [1.82, 2.24) is 5.32 Å². The van der Waals surface area contributed by atoms with Crippen LogP contribution in [0.25, 0.3) is 0 Å². The Bertz CT molecular complexity index is 269. The highest BCUT2D eigenvalue weighted by Crippen LogP contribution is 2.09. The van der Waals surface area contributed by atoms with E-state index < -0.39 is 0 Å². The van der Waals surface area contributed by atoms with Crippen molar-refractivity contribution in [2.45, 2.75) is 6.54 Å². The van der Waals surface area contributed by atoms with Crippen LogP contribution < -0.4 is 17.7 Å². The molecule has 0 aliphatic carbocycles. The summed E-state index contributed by atoms with van der Waals surface area (Å²) in [6.45, 7) is 2.79. The molecule has 0 amide bonds. The molecule has 0 atom stereocenters. The quantitative estimate of drug-likeness (QED) is 0.606. The summed E-state index contributed by atoms with van der Waals surface area (Å²) in [6.07, 6.45) is 0. The molecule has 0 aliphatic rings. The van der Waals surface area contributed by atoms with Gasteiger partial charge in [-0.15, -0.1) is 0 Å². The van der Waals surface area contributed by atoms with Gasteiger partial charge in [-0.25, -0.2) is 0 Å². The van der Waals surface area contributed by atoms with Crippen molar-refractivity contribution in [3.05, 3.63) is 34.3 Å². The Morgan fingerprint density at radius 1 is 1.19 bits per heavy atom. The molecule has 0 saturated carbocycles. The second kappa shape index (κ2) is 10.1. The molecule has 0 heterocycles. The fraction of sp³-hybridized carbons (Fsp3) is 0.455. The molecule has 5 heteroatoms. The van der Waals surface area contributed by atoms with Gasteiger partial charge in [-0.05, 0) is 17.7 Å². The first kappa shape index (κ1) is 15.9. The van der Waals surface area contributed by atoms with E-state index in [4.69, 9.17) is 9.84 Å². The third kappa shape index (κ3) is 7.19. The molecule has 0 fully saturated rings. The third-order valence-corrected chi connectivity index (χ3v) is 2.43. The van der Waals surface area contributed by atoms with Crippen molar-refractivity contribution < 1.29 is 22.3 Å². The summed E-state index contributed by atoms with van der Waals surface area (Å²) in [5, 5.41) is 11.7. The van der Waals surface area contributed by atoms with Crippen molar-refractivity contribution in [2.75, 3.05) is 26.4 Å². The van der Waals surface area contributed by atoms with Gasteiger partial charge >= 0.3 is 0 Å². The van der Waals surface area contributed by atoms with Crippen LogP contribution >= 0.6 is 15.9 Å². The largest absolute Gasteiger partial charge is 1.00 e. The molecule has 0 aromatic heterocycles. The van der Waals surface area contributed by atoms with Gasteiger partial charge in [0, 0.05) is 17.6 Å². The van der Waals surface area contributed by atoms with Crippen LogP contribution in [0, 0.1) is 0 Å². The summed E-state index contributed by atoms with van der Waals surface area (Å²) in [4.78, 5) is 0. The SMILES string of the molecule is OCCOCCNCc1ccc(Br)cc1.[Cl-]. The van der Waals surface area contributed by atoms with Crippen molar-refractivity contribution in [3.63, 3.8) is 0 Å². The van der Waals surface area contributed by atoms with Gasteiger partial charge in [-0.2, -0.15) is 0 Å². The third-order valence-electron chi connectivity index (χ3n) is 1.90. The first-order chi connectivity index (χ1) is 7.33. The summed E-state index contributed by atoms with van der Waals surface area (Å²) in [5.74, 6) is 0. The molecule has 16 heavy (non-hydrogen) atoms. The lowest BCUT2D eigenvalue weighted by molar-refractivity contribution is -0.00000419. The molecule has 0 saturated heterocycles. The molecule has 0 spiro atoms. The highest BCUT2D eigenvalue weighted by atomic mass is 79.9. The molecule has 0 radical (unpaired) electrons. The van der Waals surface area contributed by atoms with Crippen LogP contribution in [0.1, 0.15) is 5.56 Å². The van der Waals surface area contributed by atoms with Gasteiger partial charge in [-0.1, -0.05) is 28.1 Å². The van der Waals surface area contributed by atoms with E-state index in [-0.39, 0.29) is 19.0 Å². The molecule has 1 rings (SSSR count). The van der Waals surface area contributed by atoms with Crippen molar-refractivity contribution >= 4 is 15.9 Å². The number of ether oxygens (including phenoxy) is 1. The zero-order chi connectivity index (χ0) is 10.9. The molecule has 0 aliphatic heterocycles. The minimum absolute atomic E-state index is 0. The topological polar surface area (TPSA) is 41.5 Å².